The number of aliphatic hydroxyl groups is 1. The molecule has 1 fully saturated rings. The molecule has 0 radical (unpaired) electrons. The van der Waals surface area contributed by atoms with Crippen LogP contribution in [0, 0.1) is 5.92 Å². The van der Waals surface area contributed by atoms with Crippen LogP contribution in [-0.2, 0) is 0 Å². The molecule has 0 saturated heterocycles. The maximum Gasteiger partial charge on any atom is 0.135 e. The smallest absolute Gasteiger partial charge is 0.135 e. The fourth-order valence-corrected chi connectivity index (χ4v) is 3.79. The van der Waals surface area contributed by atoms with Gasteiger partial charge in [-0.15, -0.1) is 0 Å². The number of halogens is 1. The van der Waals surface area contributed by atoms with Gasteiger partial charge in [-0.25, -0.2) is 0 Å². The van der Waals surface area contributed by atoms with E-state index in [4.69, 9.17) is 14.9 Å². The molecule has 4 nitrogen and oxygen atoms in total. The van der Waals surface area contributed by atoms with E-state index in [0.717, 1.165) is 40.4 Å². The third kappa shape index (κ3) is 3.09. The summed E-state index contributed by atoms with van der Waals surface area (Å²) < 4.78 is 8.41. The summed E-state index contributed by atoms with van der Waals surface area (Å²) in [5, 5.41) is 14.9. The van der Waals surface area contributed by atoms with Crippen LogP contribution in [0.4, 0.5) is 0 Å². The van der Waals surface area contributed by atoms with Gasteiger partial charge in [0.15, 0.2) is 0 Å². The number of fused-ring (bicyclic) bond motifs is 1. The van der Waals surface area contributed by atoms with Crippen molar-refractivity contribution in [3.05, 3.63) is 22.8 Å². The second-order valence-electron chi connectivity index (χ2n) is 5.84. The Morgan fingerprint density at radius 2 is 2.10 bits per heavy atom. The van der Waals surface area contributed by atoms with E-state index in [-0.39, 0.29) is 0 Å². The molecule has 114 valence electrons. The molecular formula is C16H21BrN2O2. The molecule has 1 heterocycles. The zero-order valence-corrected chi connectivity index (χ0v) is 13.8. The second-order valence-corrected chi connectivity index (χ2v) is 6.70. The molecule has 2 aromatic rings. The molecule has 0 aliphatic heterocycles. The van der Waals surface area contributed by atoms with Gasteiger partial charge in [-0.05, 0) is 60.0 Å². The van der Waals surface area contributed by atoms with Crippen LogP contribution in [-0.4, -0.2) is 28.6 Å². The Morgan fingerprint density at radius 1 is 1.33 bits per heavy atom. The summed E-state index contributed by atoms with van der Waals surface area (Å²) in [4.78, 5) is 0. The van der Waals surface area contributed by atoms with Crippen molar-refractivity contribution in [3.8, 4) is 5.75 Å². The molecule has 0 unspecified atom stereocenters. The summed E-state index contributed by atoms with van der Waals surface area (Å²) in [5.74, 6) is 1.50. The zero-order chi connectivity index (χ0) is 14.8. The molecule has 5 heteroatoms. The summed E-state index contributed by atoms with van der Waals surface area (Å²) in [5.41, 5.74) is 0.979. The highest BCUT2D eigenvalue weighted by Crippen LogP contribution is 2.35. The predicted octanol–water partition coefficient (Wildman–Crippen LogP) is 3.92. The third-order valence-corrected chi connectivity index (χ3v) is 5.14. The van der Waals surface area contributed by atoms with Crippen LogP contribution >= 0.6 is 15.9 Å². The predicted molar refractivity (Wildman–Crippen MR) is 86.7 cm³/mol. The molecule has 0 spiro atoms. The molecule has 1 aromatic heterocycles. The van der Waals surface area contributed by atoms with Crippen LogP contribution in [0.1, 0.15) is 38.1 Å². The van der Waals surface area contributed by atoms with E-state index >= 15 is 0 Å². The number of hydrogen-bond donors (Lipinski definition) is 1. The van der Waals surface area contributed by atoms with Crippen molar-refractivity contribution in [2.24, 2.45) is 5.92 Å². The van der Waals surface area contributed by atoms with Gasteiger partial charge in [0.1, 0.15) is 5.75 Å². The van der Waals surface area contributed by atoms with E-state index in [1.807, 2.05) is 6.07 Å². The van der Waals surface area contributed by atoms with E-state index in [9.17, 15) is 0 Å². The Kier molecular flexibility index (Phi) is 4.50. The highest BCUT2D eigenvalue weighted by atomic mass is 79.9. The van der Waals surface area contributed by atoms with E-state index in [0.29, 0.717) is 18.6 Å². The average Bonchev–Trinajstić information content (AvgIpc) is 2.90. The number of aliphatic hydroxyl groups excluding tert-OH is 1. The SMILES string of the molecule is COc1cc2nn(C3CCC(CCO)CC3)cc2cc1Br. The molecule has 3 rings (SSSR count). The first-order valence-corrected chi connectivity index (χ1v) is 8.34. The lowest BCUT2D eigenvalue weighted by Gasteiger charge is -2.28. The summed E-state index contributed by atoms with van der Waals surface area (Å²) in [6, 6.07) is 4.53. The highest BCUT2D eigenvalue weighted by Gasteiger charge is 2.23. The van der Waals surface area contributed by atoms with E-state index < -0.39 is 0 Å². The molecule has 21 heavy (non-hydrogen) atoms. The molecule has 0 bridgehead atoms. The van der Waals surface area contributed by atoms with Crippen molar-refractivity contribution < 1.29 is 9.84 Å². The molecule has 1 saturated carbocycles. The van der Waals surface area contributed by atoms with Gasteiger partial charge in [-0.2, -0.15) is 5.10 Å². The molecule has 1 aromatic carbocycles. The molecular weight excluding hydrogens is 332 g/mol. The number of rotatable bonds is 4. The summed E-state index contributed by atoms with van der Waals surface area (Å²) >= 11 is 3.52. The van der Waals surface area contributed by atoms with Crippen molar-refractivity contribution in [3.63, 3.8) is 0 Å². The maximum atomic E-state index is 9.04. The van der Waals surface area contributed by atoms with E-state index in [2.05, 4.69) is 32.9 Å². The number of benzene rings is 1. The lowest BCUT2D eigenvalue weighted by molar-refractivity contribution is 0.202. The van der Waals surface area contributed by atoms with Crippen LogP contribution in [0.25, 0.3) is 10.9 Å². The van der Waals surface area contributed by atoms with Gasteiger partial charge in [0.25, 0.3) is 0 Å². The zero-order valence-electron chi connectivity index (χ0n) is 12.3. The lowest BCUT2D eigenvalue weighted by atomic mass is 9.84. The molecule has 1 aliphatic carbocycles. The maximum absolute atomic E-state index is 9.04. The number of nitrogens with zero attached hydrogens (tertiary/aromatic N) is 2. The number of methoxy groups -OCH3 is 1. The van der Waals surface area contributed by atoms with Crippen LogP contribution in [0.5, 0.6) is 5.75 Å². The van der Waals surface area contributed by atoms with Crippen molar-refractivity contribution in [2.75, 3.05) is 13.7 Å². The van der Waals surface area contributed by atoms with Gasteiger partial charge in [-0.1, -0.05) is 0 Å². The normalized spacial score (nSPS) is 22.6. The van der Waals surface area contributed by atoms with Gasteiger partial charge in [0.05, 0.1) is 23.1 Å². The number of aromatic nitrogens is 2. The average molecular weight is 353 g/mol. The quantitative estimate of drug-likeness (QED) is 0.906. The fraction of sp³-hybridized carbons (Fsp3) is 0.562. The Hall–Kier alpha value is -1.07. The van der Waals surface area contributed by atoms with Gasteiger partial charge in [0.2, 0.25) is 0 Å². The van der Waals surface area contributed by atoms with Crippen LogP contribution < -0.4 is 4.74 Å². The lowest BCUT2D eigenvalue weighted by Crippen LogP contribution is -2.19. The minimum atomic E-state index is 0.314. The molecule has 0 amide bonds. The van der Waals surface area contributed by atoms with Gasteiger partial charge < -0.3 is 9.84 Å². The first kappa shape index (κ1) is 14.9. The van der Waals surface area contributed by atoms with Crippen LogP contribution in [0.15, 0.2) is 22.8 Å². The fourth-order valence-electron chi connectivity index (χ4n) is 3.27. The van der Waals surface area contributed by atoms with Gasteiger partial charge in [0, 0.05) is 24.3 Å². The van der Waals surface area contributed by atoms with Crippen LogP contribution in [0.2, 0.25) is 0 Å². The topological polar surface area (TPSA) is 47.3 Å². The largest absolute Gasteiger partial charge is 0.495 e. The Labute approximate surface area is 133 Å². The minimum Gasteiger partial charge on any atom is -0.495 e. The first-order valence-electron chi connectivity index (χ1n) is 7.54. The molecule has 0 atom stereocenters. The Morgan fingerprint density at radius 3 is 2.76 bits per heavy atom. The van der Waals surface area contributed by atoms with E-state index in [1.54, 1.807) is 7.11 Å². The van der Waals surface area contributed by atoms with Crippen molar-refractivity contribution in [1.82, 2.24) is 9.78 Å². The highest BCUT2D eigenvalue weighted by molar-refractivity contribution is 9.10. The number of ether oxygens (including phenoxy) is 1. The van der Waals surface area contributed by atoms with Crippen molar-refractivity contribution >= 4 is 26.8 Å². The Bertz CT molecular complexity index is 618. The summed E-state index contributed by atoms with van der Waals surface area (Å²) in [6.07, 6.45) is 7.76. The Balaban J connectivity index is 1.79. The van der Waals surface area contributed by atoms with Gasteiger partial charge in [-0.3, -0.25) is 4.68 Å². The second kappa shape index (κ2) is 6.36. The van der Waals surface area contributed by atoms with Crippen molar-refractivity contribution in [2.45, 2.75) is 38.1 Å². The summed E-state index contributed by atoms with van der Waals surface area (Å²) in [7, 11) is 1.67. The number of hydrogen-bond acceptors (Lipinski definition) is 3. The van der Waals surface area contributed by atoms with Gasteiger partial charge >= 0.3 is 0 Å². The van der Waals surface area contributed by atoms with E-state index in [1.165, 1.54) is 12.8 Å². The molecule has 1 aliphatic rings. The summed E-state index contributed by atoms with van der Waals surface area (Å²) in [6.45, 7) is 0.314. The minimum absolute atomic E-state index is 0.314. The molecule has 1 N–H and O–H groups in total. The van der Waals surface area contributed by atoms with Crippen LogP contribution in [0.3, 0.4) is 0 Å². The monoisotopic (exact) mass is 352 g/mol. The van der Waals surface area contributed by atoms with Crippen molar-refractivity contribution in [1.29, 1.82) is 0 Å². The first-order chi connectivity index (χ1) is 10.2. The standard InChI is InChI=1S/C16H21BrN2O2/c1-21-16-9-15-12(8-14(16)17)10-19(18-15)13-4-2-11(3-5-13)6-7-20/h8-11,13,20H,2-7H2,1H3. The third-order valence-electron chi connectivity index (χ3n) is 4.52.